The van der Waals surface area contributed by atoms with Gasteiger partial charge in [0, 0.05) is 12.6 Å². The highest BCUT2D eigenvalue weighted by Crippen LogP contribution is 2.22. The van der Waals surface area contributed by atoms with Crippen molar-refractivity contribution in [3.63, 3.8) is 0 Å². The second-order valence-electron chi connectivity index (χ2n) is 3.87. The summed E-state index contributed by atoms with van der Waals surface area (Å²) < 4.78 is 4.67. The fourth-order valence-electron chi connectivity index (χ4n) is 1.89. The maximum absolute atomic E-state index is 11.5. The van der Waals surface area contributed by atoms with Gasteiger partial charge in [-0.2, -0.15) is 0 Å². The van der Waals surface area contributed by atoms with Gasteiger partial charge in [0.1, 0.15) is 0 Å². The molecule has 14 heavy (non-hydrogen) atoms. The van der Waals surface area contributed by atoms with E-state index < -0.39 is 11.9 Å². The first-order chi connectivity index (χ1) is 6.56. The van der Waals surface area contributed by atoms with Gasteiger partial charge in [0.2, 0.25) is 0 Å². The van der Waals surface area contributed by atoms with Gasteiger partial charge in [0.05, 0.1) is 6.61 Å². The second kappa shape index (κ2) is 4.44. The van der Waals surface area contributed by atoms with Crippen LogP contribution in [-0.2, 0) is 14.3 Å². The van der Waals surface area contributed by atoms with E-state index >= 15 is 0 Å². The number of nitrogens with zero attached hydrogens (tertiary/aromatic N) is 1. The van der Waals surface area contributed by atoms with Crippen molar-refractivity contribution < 1.29 is 14.3 Å². The molecule has 0 aromatic carbocycles. The standard InChI is InChI=1S/C10H17NO3/c1-4-14-10(13)9(12)11-6-7(2)5-8(11)3/h7-8H,4-6H2,1-3H3. The molecule has 0 aromatic heterocycles. The quantitative estimate of drug-likeness (QED) is 0.463. The van der Waals surface area contributed by atoms with Crippen LogP contribution >= 0.6 is 0 Å². The van der Waals surface area contributed by atoms with Crippen LogP contribution in [0.25, 0.3) is 0 Å². The van der Waals surface area contributed by atoms with Gasteiger partial charge >= 0.3 is 11.9 Å². The zero-order valence-corrected chi connectivity index (χ0v) is 8.95. The Balaban J connectivity index is 2.56. The predicted octanol–water partition coefficient (Wildman–Crippen LogP) is 0.806. The highest BCUT2D eigenvalue weighted by molar-refractivity contribution is 6.32. The van der Waals surface area contributed by atoms with Crippen LogP contribution in [0.15, 0.2) is 0 Å². The molecule has 1 saturated heterocycles. The molecule has 0 aliphatic carbocycles. The fraction of sp³-hybridized carbons (Fsp3) is 0.800. The van der Waals surface area contributed by atoms with E-state index in [4.69, 9.17) is 0 Å². The van der Waals surface area contributed by atoms with Crippen molar-refractivity contribution in [3.8, 4) is 0 Å². The molecule has 0 aromatic rings. The van der Waals surface area contributed by atoms with E-state index in [0.29, 0.717) is 12.5 Å². The molecule has 0 N–H and O–H groups in total. The summed E-state index contributed by atoms with van der Waals surface area (Å²) in [4.78, 5) is 24.3. The van der Waals surface area contributed by atoms with Crippen LogP contribution in [0.2, 0.25) is 0 Å². The number of carbonyl (C=O) groups is 2. The molecule has 1 aliphatic heterocycles. The van der Waals surface area contributed by atoms with Gasteiger partial charge in [-0.1, -0.05) is 6.92 Å². The van der Waals surface area contributed by atoms with Crippen molar-refractivity contribution in [2.24, 2.45) is 5.92 Å². The summed E-state index contributed by atoms with van der Waals surface area (Å²) in [7, 11) is 0. The molecule has 1 heterocycles. The van der Waals surface area contributed by atoms with Crippen molar-refractivity contribution in [1.29, 1.82) is 0 Å². The Morgan fingerprint density at radius 3 is 2.50 bits per heavy atom. The Kier molecular flexibility index (Phi) is 3.49. The summed E-state index contributed by atoms with van der Waals surface area (Å²) in [5.74, 6) is -0.750. The molecule has 0 bridgehead atoms. The maximum atomic E-state index is 11.5. The van der Waals surface area contributed by atoms with E-state index in [1.165, 1.54) is 0 Å². The Labute approximate surface area is 84.2 Å². The van der Waals surface area contributed by atoms with Crippen LogP contribution in [0.5, 0.6) is 0 Å². The normalized spacial score (nSPS) is 26.4. The zero-order chi connectivity index (χ0) is 10.7. The van der Waals surface area contributed by atoms with Crippen molar-refractivity contribution in [2.45, 2.75) is 33.2 Å². The minimum atomic E-state index is -0.728. The van der Waals surface area contributed by atoms with Crippen molar-refractivity contribution in [2.75, 3.05) is 13.2 Å². The zero-order valence-electron chi connectivity index (χ0n) is 8.95. The summed E-state index contributed by atoms with van der Waals surface area (Å²) in [6, 6.07) is 0.155. The predicted molar refractivity (Wildman–Crippen MR) is 51.6 cm³/mol. The third-order valence-electron chi connectivity index (χ3n) is 2.49. The average molecular weight is 199 g/mol. The number of hydrogen-bond donors (Lipinski definition) is 0. The van der Waals surface area contributed by atoms with Crippen LogP contribution in [0.4, 0.5) is 0 Å². The summed E-state index contributed by atoms with van der Waals surface area (Å²) in [6.45, 7) is 6.65. The van der Waals surface area contributed by atoms with E-state index in [9.17, 15) is 9.59 Å². The molecular weight excluding hydrogens is 182 g/mol. The van der Waals surface area contributed by atoms with Gasteiger partial charge in [-0.25, -0.2) is 4.79 Å². The highest BCUT2D eigenvalue weighted by Gasteiger charge is 2.33. The molecule has 1 aliphatic rings. The van der Waals surface area contributed by atoms with Gasteiger partial charge in [-0.15, -0.1) is 0 Å². The minimum absolute atomic E-state index is 0.155. The van der Waals surface area contributed by atoms with Gasteiger partial charge in [0.15, 0.2) is 0 Å². The van der Waals surface area contributed by atoms with Gasteiger partial charge in [-0.3, -0.25) is 4.79 Å². The number of rotatable bonds is 1. The highest BCUT2D eigenvalue weighted by atomic mass is 16.5. The Morgan fingerprint density at radius 1 is 1.43 bits per heavy atom. The van der Waals surface area contributed by atoms with E-state index in [-0.39, 0.29) is 12.6 Å². The molecule has 0 radical (unpaired) electrons. The lowest BCUT2D eigenvalue weighted by Crippen LogP contribution is -2.39. The summed E-state index contributed by atoms with van der Waals surface area (Å²) in [5, 5.41) is 0. The molecule has 0 saturated carbocycles. The largest absolute Gasteiger partial charge is 0.459 e. The summed E-state index contributed by atoms with van der Waals surface area (Å²) in [6.07, 6.45) is 0.963. The molecule has 1 fully saturated rings. The first-order valence-corrected chi connectivity index (χ1v) is 5.04. The van der Waals surface area contributed by atoms with Gasteiger partial charge in [-0.05, 0) is 26.2 Å². The minimum Gasteiger partial charge on any atom is -0.459 e. The SMILES string of the molecule is CCOC(=O)C(=O)N1CC(C)CC1C. The van der Waals surface area contributed by atoms with Crippen molar-refractivity contribution in [1.82, 2.24) is 4.90 Å². The Hall–Kier alpha value is -1.06. The number of hydrogen-bond acceptors (Lipinski definition) is 3. The van der Waals surface area contributed by atoms with Crippen LogP contribution in [0.3, 0.4) is 0 Å². The van der Waals surface area contributed by atoms with Crippen molar-refractivity contribution in [3.05, 3.63) is 0 Å². The third-order valence-corrected chi connectivity index (χ3v) is 2.49. The van der Waals surface area contributed by atoms with E-state index in [1.54, 1.807) is 11.8 Å². The van der Waals surface area contributed by atoms with E-state index in [2.05, 4.69) is 11.7 Å². The van der Waals surface area contributed by atoms with Crippen molar-refractivity contribution >= 4 is 11.9 Å². The lowest BCUT2D eigenvalue weighted by atomic mass is 10.1. The van der Waals surface area contributed by atoms with E-state index in [0.717, 1.165) is 6.42 Å². The lowest BCUT2D eigenvalue weighted by Gasteiger charge is -2.19. The molecule has 0 spiro atoms. The van der Waals surface area contributed by atoms with Crippen LogP contribution in [0.1, 0.15) is 27.2 Å². The van der Waals surface area contributed by atoms with E-state index in [1.807, 2.05) is 6.92 Å². The molecule has 4 heteroatoms. The molecule has 1 amide bonds. The number of carbonyl (C=O) groups excluding carboxylic acids is 2. The first kappa shape index (κ1) is 11.0. The topological polar surface area (TPSA) is 46.6 Å². The smallest absolute Gasteiger partial charge is 0.397 e. The first-order valence-electron chi connectivity index (χ1n) is 5.04. The molecule has 2 atom stereocenters. The number of ether oxygens (including phenoxy) is 1. The lowest BCUT2D eigenvalue weighted by molar-refractivity contribution is -0.160. The summed E-state index contributed by atoms with van der Waals surface area (Å²) >= 11 is 0. The number of esters is 1. The van der Waals surface area contributed by atoms with Crippen LogP contribution in [0, 0.1) is 5.92 Å². The second-order valence-corrected chi connectivity index (χ2v) is 3.87. The Morgan fingerprint density at radius 2 is 2.07 bits per heavy atom. The molecule has 1 rings (SSSR count). The fourth-order valence-corrected chi connectivity index (χ4v) is 1.89. The monoisotopic (exact) mass is 199 g/mol. The molecule has 80 valence electrons. The van der Waals surface area contributed by atoms with Crippen LogP contribution in [-0.4, -0.2) is 36.0 Å². The number of amides is 1. The summed E-state index contributed by atoms with van der Waals surface area (Å²) in [5.41, 5.74) is 0. The molecular formula is C10H17NO3. The van der Waals surface area contributed by atoms with Gasteiger partial charge < -0.3 is 9.64 Å². The number of likely N-dealkylation sites (tertiary alicyclic amines) is 1. The molecule has 4 nitrogen and oxygen atoms in total. The maximum Gasteiger partial charge on any atom is 0.397 e. The Bertz CT molecular complexity index is 240. The molecule has 2 unspecified atom stereocenters. The van der Waals surface area contributed by atoms with Crippen LogP contribution < -0.4 is 0 Å². The third kappa shape index (κ3) is 2.25. The van der Waals surface area contributed by atoms with Gasteiger partial charge in [0.25, 0.3) is 0 Å². The average Bonchev–Trinajstić information content (AvgIpc) is 2.44.